The van der Waals surface area contributed by atoms with E-state index in [1.165, 1.54) is 12.1 Å². The molecule has 0 saturated carbocycles. The summed E-state index contributed by atoms with van der Waals surface area (Å²) in [5.74, 6) is -0.854. The Bertz CT molecular complexity index is 1030. The molecule has 2 atom stereocenters. The van der Waals surface area contributed by atoms with Gasteiger partial charge in [-0.1, -0.05) is 34.9 Å². The molecule has 2 amide bonds. The maximum atomic E-state index is 13.5. The van der Waals surface area contributed by atoms with Crippen LogP contribution in [-0.2, 0) is 4.79 Å². The number of quaternary nitrogens is 1. The van der Waals surface area contributed by atoms with Crippen molar-refractivity contribution >= 4 is 17.5 Å². The van der Waals surface area contributed by atoms with E-state index in [1.807, 2.05) is 19.9 Å². The molecule has 0 aliphatic carbocycles. The van der Waals surface area contributed by atoms with Crippen LogP contribution < -0.4 is 16.1 Å². The van der Waals surface area contributed by atoms with Gasteiger partial charge in [-0.05, 0) is 43.7 Å². The average molecular weight is 379 g/mol. The molecule has 0 radical (unpaired) electrons. The molecular weight excluding hydrogens is 359 g/mol. The Kier molecular flexibility index (Phi) is 4.52. The third-order valence-electron chi connectivity index (χ3n) is 5.05. The molecule has 4 N–H and O–H groups in total. The van der Waals surface area contributed by atoms with Crippen LogP contribution in [0.2, 0.25) is 0 Å². The Morgan fingerprint density at radius 2 is 1.93 bits per heavy atom. The molecule has 0 unspecified atom stereocenters. The predicted molar refractivity (Wildman–Crippen MR) is 102 cm³/mol. The molecule has 0 aromatic heterocycles. The SMILES string of the molecule is CC1=N[NH2+]C2=C1[C@H](c1ccc(F)cc1)[C@H](NC(=O)c1cccc(C)c1)C(=O)N2. The van der Waals surface area contributed by atoms with E-state index >= 15 is 0 Å². The van der Waals surface area contributed by atoms with Crippen molar-refractivity contribution in [3.05, 3.63) is 82.4 Å². The quantitative estimate of drug-likeness (QED) is 0.703. The molecule has 6 nitrogen and oxygen atoms in total. The molecule has 7 heteroatoms. The zero-order chi connectivity index (χ0) is 19.8. The highest BCUT2D eigenvalue weighted by atomic mass is 19.1. The number of halogens is 1. The fourth-order valence-electron chi connectivity index (χ4n) is 3.71. The number of hydrogen-bond donors (Lipinski definition) is 3. The summed E-state index contributed by atoms with van der Waals surface area (Å²) in [6.07, 6.45) is 0. The van der Waals surface area contributed by atoms with Crippen LogP contribution in [-0.4, -0.2) is 23.6 Å². The Morgan fingerprint density at radius 1 is 1.18 bits per heavy atom. The van der Waals surface area contributed by atoms with Crippen LogP contribution >= 0.6 is 0 Å². The van der Waals surface area contributed by atoms with Gasteiger partial charge in [0.2, 0.25) is 5.82 Å². The maximum Gasteiger partial charge on any atom is 0.251 e. The number of benzene rings is 2. The van der Waals surface area contributed by atoms with Crippen molar-refractivity contribution in [3.63, 3.8) is 0 Å². The zero-order valence-electron chi connectivity index (χ0n) is 15.5. The monoisotopic (exact) mass is 379 g/mol. The number of nitrogens with zero attached hydrogens (tertiary/aromatic N) is 1. The highest BCUT2D eigenvalue weighted by molar-refractivity contribution is 6.05. The largest absolute Gasteiger partial charge is 0.339 e. The number of rotatable bonds is 3. The number of aryl methyl sites for hydroxylation is 1. The smallest absolute Gasteiger partial charge is 0.251 e. The maximum absolute atomic E-state index is 13.5. The molecule has 2 aliphatic heterocycles. The molecule has 4 rings (SSSR count). The molecule has 0 spiro atoms. The van der Waals surface area contributed by atoms with Crippen molar-refractivity contribution < 1.29 is 19.4 Å². The standard InChI is InChI=1S/C21H19FN4O2/c1-11-4-3-5-14(10-11)20(27)23-18-17(13-6-8-15(22)9-7-13)16-12(2)25-26-19(16)24-21(18)28/h3-10,17-18H,1-2H3,(H,23,27)(H2,24,25,26,28)/p+1/t17-,18-/m0/s1. The first-order valence-electron chi connectivity index (χ1n) is 9.00. The lowest BCUT2D eigenvalue weighted by molar-refractivity contribution is -0.613. The summed E-state index contributed by atoms with van der Waals surface area (Å²) >= 11 is 0. The van der Waals surface area contributed by atoms with E-state index in [9.17, 15) is 14.0 Å². The number of carbonyl (C=O) groups excluding carboxylic acids is 2. The van der Waals surface area contributed by atoms with Crippen molar-refractivity contribution in [1.82, 2.24) is 10.6 Å². The van der Waals surface area contributed by atoms with Crippen molar-refractivity contribution in [3.8, 4) is 0 Å². The highest BCUT2D eigenvalue weighted by Gasteiger charge is 2.44. The Balaban J connectivity index is 1.73. The third-order valence-corrected chi connectivity index (χ3v) is 5.05. The fourth-order valence-corrected chi connectivity index (χ4v) is 3.71. The second kappa shape index (κ2) is 7.01. The van der Waals surface area contributed by atoms with E-state index in [0.29, 0.717) is 11.4 Å². The molecule has 28 heavy (non-hydrogen) atoms. The summed E-state index contributed by atoms with van der Waals surface area (Å²) in [6.45, 7) is 3.75. The van der Waals surface area contributed by atoms with Gasteiger partial charge >= 0.3 is 0 Å². The summed E-state index contributed by atoms with van der Waals surface area (Å²) in [5.41, 5.74) is 5.38. The third kappa shape index (κ3) is 3.20. The van der Waals surface area contributed by atoms with Gasteiger partial charge in [0, 0.05) is 11.5 Å². The van der Waals surface area contributed by atoms with Crippen LogP contribution in [0.15, 0.2) is 65.0 Å². The van der Waals surface area contributed by atoms with Gasteiger partial charge in [0.25, 0.3) is 11.8 Å². The second-order valence-corrected chi connectivity index (χ2v) is 7.01. The number of amides is 2. The van der Waals surface area contributed by atoms with Gasteiger partial charge in [0.15, 0.2) is 0 Å². The van der Waals surface area contributed by atoms with Crippen LogP contribution in [0, 0.1) is 12.7 Å². The summed E-state index contributed by atoms with van der Waals surface area (Å²) in [5, 5.41) is 9.99. The summed E-state index contributed by atoms with van der Waals surface area (Å²) in [7, 11) is 0. The average Bonchev–Trinajstić information content (AvgIpc) is 3.03. The van der Waals surface area contributed by atoms with Crippen LogP contribution in [0.25, 0.3) is 0 Å². The molecular formula is C21H20FN4O2+. The van der Waals surface area contributed by atoms with Crippen LogP contribution in [0.1, 0.15) is 34.3 Å². The van der Waals surface area contributed by atoms with Gasteiger partial charge in [-0.3, -0.25) is 14.9 Å². The molecule has 0 fully saturated rings. The zero-order valence-corrected chi connectivity index (χ0v) is 15.5. The van der Waals surface area contributed by atoms with Crippen LogP contribution in [0.3, 0.4) is 0 Å². The lowest BCUT2D eigenvalue weighted by atomic mass is 9.80. The molecule has 2 aromatic rings. The number of nitrogens with two attached hydrogens (primary N) is 1. The predicted octanol–water partition coefficient (Wildman–Crippen LogP) is 1.31. The van der Waals surface area contributed by atoms with Gasteiger partial charge in [0.1, 0.15) is 17.6 Å². The van der Waals surface area contributed by atoms with E-state index < -0.39 is 12.0 Å². The van der Waals surface area contributed by atoms with Gasteiger partial charge < -0.3 is 5.32 Å². The summed E-state index contributed by atoms with van der Waals surface area (Å²) < 4.78 is 13.5. The molecule has 142 valence electrons. The number of nitrogens with one attached hydrogen (secondary N) is 2. The Morgan fingerprint density at radius 3 is 2.64 bits per heavy atom. The van der Waals surface area contributed by atoms with E-state index in [1.54, 1.807) is 35.8 Å². The minimum atomic E-state index is -0.839. The normalized spacial score (nSPS) is 21.1. The molecule has 2 heterocycles. The van der Waals surface area contributed by atoms with Gasteiger partial charge in [-0.15, -0.1) is 0 Å². The highest BCUT2D eigenvalue weighted by Crippen LogP contribution is 2.34. The minimum absolute atomic E-state index is 0.324. The van der Waals surface area contributed by atoms with E-state index in [4.69, 9.17) is 0 Å². The first-order valence-corrected chi connectivity index (χ1v) is 9.00. The first-order chi connectivity index (χ1) is 13.4. The molecule has 0 saturated heterocycles. The molecule has 2 aromatic carbocycles. The van der Waals surface area contributed by atoms with Crippen molar-refractivity contribution in [2.75, 3.05) is 0 Å². The lowest BCUT2D eigenvalue weighted by Gasteiger charge is -2.31. The van der Waals surface area contributed by atoms with Crippen LogP contribution in [0.5, 0.6) is 0 Å². The second-order valence-electron chi connectivity index (χ2n) is 7.01. The minimum Gasteiger partial charge on any atom is -0.339 e. The van der Waals surface area contributed by atoms with Crippen molar-refractivity contribution in [2.45, 2.75) is 25.8 Å². The molecule has 2 aliphatic rings. The van der Waals surface area contributed by atoms with E-state index in [-0.39, 0.29) is 17.6 Å². The summed E-state index contributed by atoms with van der Waals surface area (Å²) in [4.78, 5) is 25.6. The lowest BCUT2D eigenvalue weighted by Crippen LogP contribution is -2.79. The van der Waals surface area contributed by atoms with Crippen molar-refractivity contribution in [1.29, 1.82) is 0 Å². The first kappa shape index (κ1) is 18.1. The summed E-state index contributed by atoms with van der Waals surface area (Å²) in [6, 6.07) is 12.3. The van der Waals surface area contributed by atoms with Crippen LogP contribution in [0.4, 0.5) is 4.39 Å². The van der Waals surface area contributed by atoms with Gasteiger partial charge in [-0.2, -0.15) is 5.43 Å². The number of hydrogen-bond acceptors (Lipinski definition) is 3. The van der Waals surface area contributed by atoms with E-state index in [2.05, 4.69) is 15.7 Å². The van der Waals surface area contributed by atoms with Gasteiger partial charge in [0.05, 0.1) is 5.57 Å². The fraction of sp³-hybridized carbons (Fsp3) is 0.190. The number of carbonyl (C=O) groups is 2. The Labute approximate surface area is 161 Å². The molecule has 0 bridgehead atoms. The van der Waals surface area contributed by atoms with Gasteiger partial charge in [-0.25, -0.2) is 4.39 Å². The van der Waals surface area contributed by atoms with E-state index in [0.717, 1.165) is 22.4 Å². The Hall–Kier alpha value is -3.32. The topological polar surface area (TPSA) is 87.2 Å². The van der Waals surface area contributed by atoms with Crippen molar-refractivity contribution in [2.24, 2.45) is 5.10 Å².